The van der Waals surface area contributed by atoms with Crippen LogP contribution in [0.25, 0.3) is 0 Å². The average molecular weight is 230 g/mol. The van der Waals surface area contributed by atoms with E-state index in [0.717, 1.165) is 19.3 Å². The van der Waals surface area contributed by atoms with Crippen LogP contribution in [-0.4, -0.2) is 34.7 Å². The van der Waals surface area contributed by atoms with Crippen molar-refractivity contribution in [3.63, 3.8) is 0 Å². The maximum absolute atomic E-state index is 11.7. The fourth-order valence-corrected chi connectivity index (χ4v) is 1.96. The van der Waals surface area contributed by atoms with E-state index in [2.05, 4.69) is 0 Å². The highest BCUT2D eigenvalue weighted by Gasteiger charge is 2.29. The summed E-state index contributed by atoms with van der Waals surface area (Å²) in [6.07, 6.45) is 2.50. The Labute approximate surface area is 95.8 Å². The predicted octanol–water partition coefficient (Wildman–Crippen LogP) is 1.67. The third-order valence-electron chi connectivity index (χ3n) is 2.40. The summed E-state index contributed by atoms with van der Waals surface area (Å²) < 4.78 is 5.14. The lowest BCUT2D eigenvalue weighted by Gasteiger charge is -2.34. The zero-order valence-electron chi connectivity index (χ0n) is 9.23. The van der Waals surface area contributed by atoms with Gasteiger partial charge in [-0.05, 0) is 33.1 Å². The molecule has 0 radical (unpaired) electrons. The molecule has 1 saturated heterocycles. The lowest BCUT2D eigenvalue weighted by atomic mass is 10.0. The minimum Gasteiger partial charge on any atom is -0.447 e. The van der Waals surface area contributed by atoms with Gasteiger partial charge in [-0.3, -0.25) is 4.90 Å². The van der Waals surface area contributed by atoms with Crippen molar-refractivity contribution < 1.29 is 9.53 Å². The molecule has 0 saturated carbocycles. The van der Waals surface area contributed by atoms with Gasteiger partial charge in [0.1, 0.15) is 0 Å². The molecule has 5 heteroatoms. The number of likely N-dealkylation sites (tertiary alicyclic amines) is 1. The van der Waals surface area contributed by atoms with Crippen LogP contribution in [0.5, 0.6) is 0 Å². The minimum absolute atomic E-state index is 0.105. The van der Waals surface area contributed by atoms with E-state index in [0.29, 0.717) is 11.5 Å². The maximum Gasteiger partial charge on any atom is 0.410 e. The number of nitrogens with zero attached hydrogens (tertiary/aromatic N) is 1. The van der Waals surface area contributed by atoms with Gasteiger partial charge in [0, 0.05) is 6.54 Å². The maximum atomic E-state index is 11.7. The number of hydrogen-bond acceptors (Lipinski definition) is 3. The second-order valence-electron chi connectivity index (χ2n) is 4.04. The highest BCUT2D eigenvalue weighted by atomic mass is 32.1. The Morgan fingerprint density at radius 3 is 2.73 bits per heavy atom. The summed E-state index contributed by atoms with van der Waals surface area (Å²) in [7, 11) is 0. The number of carbonyl (C=O) groups is 1. The number of nitrogens with two attached hydrogens (primary N) is 1. The van der Waals surface area contributed by atoms with Crippen LogP contribution in [0.15, 0.2) is 0 Å². The summed E-state index contributed by atoms with van der Waals surface area (Å²) in [6.45, 7) is 4.35. The van der Waals surface area contributed by atoms with Crippen molar-refractivity contribution in [2.45, 2.75) is 45.3 Å². The van der Waals surface area contributed by atoms with Crippen LogP contribution in [0.3, 0.4) is 0 Å². The number of carbonyl (C=O) groups excluding carboxylic acids is 1. The first kappa shape index (κ1) is 12.2. The molecule has 1 rings (SSSR count). The Bertz CT molecular complexity index is 256. The van der Waals surface area contributed by atoms with Gasteiger partial charge in [0.15, 0.2) is 0 Å². The first-order valence-corrected chi connectivity index (χ1v) is 5.69. The second-order valence-corrected chi connectivity index (χ2v) is 4.51. The van der Waals surface area contributed by atoms with Crippen LogP contribution < -0.4 is 5.73 Å². The zero-order chi connectivity index (χ0) is 11.4. The molecule has 1 unspecified atom stereocenters. The summed E-state index contributed by atoms with van der Waals surface area (Å²) in [4.78, 5) is 13.7. The summed E-state index contributed by atoms with van der Waals surface area (Å²) >= 11 is 4.95. The van der Waals surface area contributed by atoms with Crippen LogP contribution >= 0.6 is 12.2 Å². The van der Waals surface area contributed by atoms with Crippen LogP contribution in [0, 0.1) is 0 Å². The van der Waals surface area contributed by atoms with Gasteiger partial charge in [-0.2, -0.15) is 0 Å². The summed E-state index contributed by atoms with van der Waals surface area (Å²) in [5.74, 6) is 0. The second kappa shape index (κ2) is 5.30. The molecule has 0 aromatic rings. The van der Waals surface area contributed by atoms with Gasteiger partial charge in [-0.1, -0.05) is 12.2 Å². The van der Waals surface area contributed by atoms with E-state index in [-0.39, 0.29) is 18.2 Å². The van der Waals surface area contributed by atoms with Crippen LogP contribution in [0.1, 0.15) is 33.1 Å². The average Bonchev–Trinajstić information content (AvgIpc) is 2.16. The number of hydrogen-bond donors (Lipinski definition) is 1. The largest absolute Gasteiger partial charge is 0.447 e. The molecule has 15 heavy (non-hydrogen) atoms. The van der Waals surface area contributed by atoms with Crippen molar-refractivity contribution in [1.29, 1.82) is 0 Å². The van der Waals surface area contributed by atoms with Gasteiger partial charge in [0.05, 0.1) is 17.1 Å². The van der Waals surface area contributed by atoms with Crippen molar-refractivity contribution in [2.24, 2.45) is 5.73 Å². The number of rotatable bonds is 2. The Morgan fingerprint density at radius 2 is 2.20 bits per heavy atom. The summed E-state index contributed by atoms with van der Waals surface area (Å²) in [5, 5.41) is 0. The third kappa shape index (κ3) is 3.34. The molecule has 0 spiro atoms. The number of ether oxygens (including phenoxy) is 1. The van der Waals surface area contributed by atoms with E-state index in [1.54, 1.807) is 4.90 Å². The van der Waals surface area contributed by atoms with Crippen LogP contribution in [0.4, 0.5) is 4.79 Å². The summed E-state index contributed by atoms with van der Waals surface area (Å²) in [5.41, 5.74) is 5.61. The molecule has 0 aromatic heterocycles. The van der Waals surface area contributed by atoms with E-state index in [1.807, 2.05) is 13.8 Å². The fourth-order valence-electron chi connectivity index (χ4n) is 1.72. The fraction of sp³-hybridized carbons (Fsp3) is 0.800. The van der Waals surface area contributed by atoms with Gasteiger partial charge < -0.3 is 10.5 Å². The normalized spacial score (nSPS) is 21.5. The molecule has 1 atom stereocenters. The van der Waals surface area contributed by atoms with E-state index >= 15 is 0 Å². The van der Waals surface area contributed by atoms with Gasteiger partial charge in [0.2, 0.25) is 0 Å². The Morgan fingerprint density at radius 1 is 1.53 bits per heavy atom. The van der Waals surface area contributed by atoms with Crippen LogP contribution in [-0.2, 0) is 4.74 Å². The summed E-state index contributed by atoms with van der Waals surface area (Å²) in [6, 6.07) is -0.125. The molecule has 1 heterocycles. The molecule has 86 valence electrons. The third-order valence-corrected chi connectivity index (χ3v) is 2.67. The molecular formula is C10H18N2O2S. The predicted molar refractivity (Wildman–Crippen MR) is 62.7 cm³/mol. The molecule has 4 nitrogen and oxygen atoms in total. The van der Waals surface area contributed by atoms with E-state index in [9.17, 15) is 4.79 Å². The van der Waals surface area contributed by atoms with Gasteiger partial charge in [-0.25, -0.2) is 4.79 Å². The standard InChI is InChI=1S/C10H18N2O2S/c1-7(2)14-10(13)12-6-4-3-5-8(12)9(11)15/h7-8H,3-6H2,1-2H3,(H2,11,15). The quantitative estimate of drug-likeness (QED) is 0.733. The van der Waals surface area contributed by atoms with Gasteiger partial charge in [0.25, 0.3) is 0 Å². The first-order valence-electron chi connectivity index (χ1n) is 5.29. The van der Waals surface area contributed by atoms with Gasteiger partial charge in [-0.15, -0.1) is 0 Å². The van der Waals surface area contributed by atoms with Gasteiger partial charge >= 0.3 is 6.09 Å². The molecular weight excluding hydrogens is 212 g/mol. The number of amides is 1. The molecule has 0 aliphatic carbocycles. The van der Waals surface area contributed by atoms with Crippen molar-refractivity contribution >= 4 is 23.3 Å². The first-order chi connectivity index (χ1) is 7.02. The Hall–Kier alpha value is -0.840. The van der Waals surface area contributed by atoms with E-state index < -0.39 is 0 Å². The zero-order valence-corrected chi connectivity index (χ0v) is 10.0. The SMILES string of the molecule is CC(C)OC(=O)N1CCCCC1C(N)=S. The van der Waals surface area contributed by atoms with Crippen LogP contribution in [0.2, 0.25) is 0 Å². The highest BCUT2D eigenvalue weighted by molar-refractivity contribution is 7.80. The lowest BCUT2D eigenvalue weighted by molar-refractivity contribution is 0.0638. The highest BCUT2D eigenvalue weighted by Crippen LogP contribution is 2.18. The molecule has 1 amide bonds. The van der Waals surface area contributed by atoms with E-state index in [1.165, 1.54) is 0 Å². The van der Waals surface area contributed by atoms with Crippen molar-refractivity contribution in [3.05, 3.63) is 0 Å². The van der Waals surface area contributed by atoms with Crippen molar-refractivity contribution in [3.8, 4) is 0 Å². The van der Waals surface area contributed by atoms with Crippen molar-refractivity contribution in [2.75, 3.05) is 6.54 Å². The number of thiocarbonyl (C=S) groups is 1. The van der Waals surface area contributed by atoms with E-state index in [4.69, 9.17) is 22.7 Å². The smallest absolute Gasteiger partial charge is 0.410 e. The lowest BCUT2D eigenvalue weighted by Crippen LogP contribution is -2.50. The molecule has 0 aromatic carbocycles. The molecule has 2 N–H and O–H groups in total. The topological polar surface area (TPSA) is 55.6 Å². The van der Waals surface area contributed by atoms with Crippen molar-refractivity contribution in [1.82, 2.24) is 4.90 Å². The number of piperidine rings is 1. The minimum atomic E-state index is -0.303. The monoisotopic (exact) mass is 230 g/mol. The Kier molecular flexibility index (Phi) is 4.32. The Balaban J connectivity index is 2.63. The molecule has 1 aliphatic heterocycles. The molecule has 1 aliphatic rings. The molecule has 1 fully saturated rings. The molecule has 0 bridgehead atoms.